The fourth-order valence-corrected chi connectivity index (χ4v) is 2.52. The molecule has 2 atom stereocenters. The van der Waals surface area contributed by atoms with Crippen LogP contribution in [0.15, 0.2) is 24.3 Å². The molecule has 1 N–H and O–H groups in total. The van der Waals surface area contributed by atoms with E-state index < -0.39 is 11.9 Å². The van der Waals surface area contributed by atoms with Crippen LogP contribution in [0.3, 0.4) is 0 Å². The van der Waals surface area contributed by atoms with E-state index in [9.17, 15) is 14.7 Å². The van der Waals surface area contributed by atoms with Crippen molar-refractivity contribution in [2.24, 2.45) is 0 Å². The second-order valence-electron chi connectivity index (χ2n) is 5.01. The lowest BCUT2D eigenvalue weighted by Gasteiger charge is -2.28. The maximum atomic E-state index is 12.1. The van der Waals surface area contributed by atoms with Crippen LogP contribution in [-0.2, 0) is 9.59 Å². The van der Waals surface area contributed by atoms with Crippen LogP contribution < -0.4 is 4.90 Å². The van der Waals surface area contributed by atoms with Gasteiger partial charge in [-0.3, -0.25) is 9.59 Å². The van der Waals surface area contributed by atoms with E-state index >= 15 is 0 Å². The highest BCUT2D eigenvalue weighted by Gasteiger charge is 2.37. The third-order valence-electron chi connectivity index (χ3n) is 3.56. The average Bonchev–Trinajstić information content (AvgIpc) is 2.76. The molecule has 1 heterocycles. The Balaban J connectivity index is 2.35. The number of nitrogens with zero attached hydrogens (tertiary/aromatic N) is 2. The van der Waals surface area contributed by atoms with Gasteiger partial charge in [0.15, 0.2) is 0 Å². The van der Waals surface area contributed by atoms with Crippen molar-refractivity contribution >= 4 is 17.6 Å². The van der Waals surface area contributed by atoms with Gasteiger partial charge >= 0.3 is 5.97 Å². The van der Waals surface area contributed by atoms with Gasteiger partial charge in [0.25, 0.3) is 0 Å². The molecule has 0 spiro atoms. The fraction of sp³-hybridized carbons (Fsp3) is 0.429. The second kappa shape index (κ2) is 4.91. The maximum absolute atomic E-state index is 12.1. The molecule has 5 heteroatoms. The number of hydrogen-bond donors (Lipinski definition) is 1. The van der Waals surface area contributed by atoms with Crippen molar-refractivity contribution in [3.8, 4) is 0 Å². The van der Waals surface area contributed by atoms with Crippen LogP contribution in [0.4, 0.5) is 5.69 Å². The first kappa shape index (κ1) is 13.4. The molecule has 1 aliphatic rings. The molecule has 0 fully saturated rings. The van der Waals surface area contributed by atoms with E-state index in [1.165, 1.54) is 4.90 Å². The molecule has 5 nitrogen and oxygen atoms in total. The number of rotatable bonds is 3. The average molecular weight is 262 g/mol. The van der Waals surface area contributed by atoms with E-state index in [-0.39, 0.29) is 11.9 Å². The van der Waals surface area contributed by atoms with E-state index in [1.54, 1.807) is 14.1 Å². The zero-order valence-corrected chi connectivity index (χ0v) is 11.3. The first-order chi connectivity index (χ1) is 8.93. The summed E-state index contributed by atoms with van der Waals surface area (Å²) in [6.07, 6.45) is 0. The molecule has 0 radical (unpaired) electrons. The Morgan fingerprint density at radius 2 is 2.00 bits per heavy atom. The summed E-state index contributed by atoms with van der Waals surface area (Å²) in [6.45, 7) is 2.15. The molecule has 19 heavy (non-hydrogen) atoms. The van der Waals surface area contributed by atoms with E-state index in [4.69, 9.17) is 0 Å². The first-order valence-corrected chi connectivity index (χ1v) is 6.23. The van der Waals surface area contributed by atoms with Gasteiger partial charge in [0, 0.05) is 26.3 Å². The molecule has 2 unspecified atom stereocenters. The number of carboxylic acid groups (broad SMARTS) is 1. The number of benzene rings is 1. The molecule has 1 amide bonds. The lowest BCUT2D eigenvalue weighted by Crippen LogP contribution is -2.44. The molecule has 0 aromatic heterocycles. The first-order valence-electron chi connectivity index (χ1n) is 6.23. The van der Waals surface area contributed by atoms with E-state index in [1.807, 2.05) is 36.1 Å². The number of anilines is 1. The predicted molar refractivity (Wildman–Crippen MR) is 72.3 cm³/mol. The monoisotopic (exact) mass is 262 g/mol. The topological polar surface area (TPSA) is 60.9 Å². The van der Waals surface area contributed by atoms with Gasteiger partial charge in [-0.15, -0.1) is 0 Å². The van der Waals surface area contributed by atoms with E-state index in [0.29, 0.717) is 6.54 Å². The minimum atomic E-state index is -0.848. The van der Waals surface area contributed by atoms with Crippen molar-refractivity contribution in [1.29, 1.82) is 0 Å². The summed E-state index contributed by atoms with van der Waals surface area (Å²) in [5, 5.41) is 9.29. The molecule has 0 bridgehead atoms. The number of amides is 1. The van der Waals surface area contributed by atoms with Gasteiger partial charge in [-0.2, -0.15) is 0 Å². The number of carboxylic acids is 1. The Bertz CT molecular complexity index is 513. The predicted octanol–water partition coefficient (Wildman–Crippen LogP) is 1.15. The normalized spacial score (nSPS) is 18.9. The highest BCUT2D eigenvalue weighted by atomic mass is 16.4. The molecule has 2 rings (SSSR count). The minimum Gasteiger partial charge on any atom is -0.481 e. The number of likely N-dealkylation sites (N-methyl/N-ethyl adjacent to an activating group) is 1. The quantitative estimate of drug-likeness (QED) is 0.887. The van der Waals surface area contributed by atoms with Crippen molar-refractivity contribution in [3.63, 3.8) is 0 Å². The summed E-state index contributed by atoms with van der Waals surface area (Å²) in [5.41, 5.74) is 1.63. The van der Waals surface area contributed by atoms with Crippen LogP contribution in [-0.4, -0.2) is 48.6 Å². The fourth-order valence-electron chi connectivity index (χ4n) is 2.52. The van der Waals surface area contributed by atoms with Gasteiger partial charge in [0.1, 0.15) is 12.0 Å². The van der Waals surface area contributed by atoms with Crippen molar-refractivity contribution in [1.82, 2.24) is 4.90 Å². The summed E-state index contributed by atoms with van der Waals surface area (Å²) in [6, 6.07) is 7.03. The minimum absolute atomic E-state index is 0.0270. The molecular formula is C14H18N2O3. The number of para-hydroxylation sites is 1. The molecule has 0 saturated carbocycles. The number of hydrogen-bond acceptors (Lipinski definition) is 3. The third kappa shape index (κ3) is 2.28. The van der Waals surface area contributed by atoms with Gasteiger partial charge in [0.05, 0.1) is 0 Å². The van der Waals surface area contributed by atoms with Crippen LogP contribution in [0.5, 0.6) is 0 Å². The summed E-state index contributed by atoms with van der Waals surface area (Å²) in [7, 11) is 3.41. The molecule has 1 aliphatic heterocycles. The van der Waals surface area contributed by atoms with Gasteiger partial charge in [0.2, 0.25) is 5.91 Å². The Morgan fingerprint density at radius 1 is 1.37 bits per heavy atom. The van der Waals surface area contributed by atoms with Crippen molar-refractivity contribution < 1.29 is 14.7 Å². The Labute approximate surface area is 112 Å². The lowest BCUT2D eigenvalue weighted by atomic mass is 10.0. The Kier molecular flexibility index (Phi) is 3.46. The summed E-state index contributed by atoms with van der Waals surface area (Å²) in [4.78, 5) is 26.8. The number of carbonyl (C=O) groups is 2. The highest BCUT2D eigenvalue weighted by molar-refractivity contribution is 5.89. The smallest absolute Gasteiger partial charge is 0.312 e. The van der Waals surface area contributed by atoms with Gasteiger partial charge in [-0.1, -0.05) is 18.2 Å². The lowest BCUT2D eigenvalue weighted by molar-refractivity contribution is -0.138. The van der Waals surface area contributed by atoms with Crippen molar-refractivity contribution in [2.75, 3.05) is 25.5 Å². The molecular weight excluding hydrogens is 244 g/mol. The summed E-state index contributed by atoms with van der Waals surface area (Å²) < 4.78 is 0. The maximum Gasteiger partial charge on any atom is 0.312 e. The third-order valence-corrected chi connectivity index (χ3v) is 3.56. The van der Waals surface area contributed by atoms with Crippen molar-refractivity contribution in [3.05, 3.63) is 29.8 Å². The van der Waals surface area contributed by atoms with E-state index in [2.05, 4.69) is 0 Å². The van der Waals surface area contributed by atoms with Crippen LogP contribution >= 0.6 is 0 Å². The number of carbonyl (C=O) groups excluding carboxylic acids is 1. The summed E-state index contributed by atoms with van der Waals surface area (Å²) >= 11 is 0. The van der Waals surface area contributed by atoms with E-state index in [0.717, 1.165) is 11.3 Å². The molecule has 0 saturated heterocycles. The zero-order valence-electron chi connectivity index (χ0n) is 11.3. The van der Waals surface area contributed by atoms with Gasteiger partial charge < -0.3 is 14.9 Å². The molecule has 1 aromatic rings. The van der Waals surface area contributed by atoms with Crippen LogP contribution in [0, 0.1) is 0 Å². The van der Waals surface area contributed by atoms with Gasteiger partial charge in [-0.25, -0.2) is 0 Å². The molecule has 1 aromatic carbocycles. The van der Waals surface area contributed by atoms with Crippen LogP contribution in [0.2, 0.25) is 0 Å². The largest absolute Gasteiger partial charge is 0.481 e. The Morgan fingerprint density at radius 3 is 2.58 bits per heavy atom. The summed E-state index contributed by atoms with van der Waals surface area (Å²) in [5.74, 6) is -1.44. The second-order valence-corrected chi connectivity index (χ2v) is 5.01. The Hall–Kier alpha value is -2.04. The number of aliphatic carboxylic acids is 1. The highest BCUT2D eigenvalue weighted by Crippen LogP contribution is 2.37. The van der Waals surface area contributed by atoms with Crippen molar-refractivity contribution in [2.45, 2.75) is 18.9 Å². The SMILES string of the molecule is CC(C(=O)N(C)C)N1CC(C(=O)O)c2ccccc21. The molecule has 102 valence electrons. The molecule has 0 aliphatic carbocycles. The zero-order chi connectivity index (χ0) is 14.2. The van der Waals surface area contributed by atoms with Crippen LogP contribution in [0.1, 0.15) is 18.4 Å². The standard InChI is InChI=1S/C14H18N2O3/c1-9(13(17)15(2)3)16-8-11(14(18)19)10-6-4-5-7-12(10)16/h4-7,9,11H,8H2,1-3H3,(H,18,19). The van der Waals surface area contributed by atoms with Gasteiger partial charge in [-0.05, 0) is 18.6 Å². The number of fused-ring (bicyclic) bond motifs is 1. The van der Waals surface area contributed by atoms with Crippen LogP contribution in [0.25, 0.3) is 0 Å².